The van der Waals surface area contributed by atoms with Crippen molar-refractivity contribution in [3.8, 4) is 0 Å². The third-order valence-electron chi connectivity index (χ3n) is 3.68. The molecule has 2 rings (SSSR count). The van der Waals surface area contributed by atoms with Gasteiger partial charge in [-0.05, 0) is 25.5 Å². The van der Waals surface area contributed by atoms with Gasteiger partial charge in [-0.25, -0.2) is 4.79 Å². The molecule has 0 radical (unpaired) electrons. The predicted octanol–water partition coefficient (Wildman–Crippen LogP) is 2.76. The highest BCUT2D eigenvalue weighted by Crippen LogP contribution is 2.22. The number of nitro benzene ring substituents is 1. The fourth-order valence-electron chi connectivity index (χ4n) is 2.25. The van der Waals surface area contributed by atoms with E-state index < -0.39 is 22.9 Å². The standard InChI is InChI=1S/C18H18N2O5/c1-12-15(9-6-10-16(12)20(23)24)18(22)25-13(2)17(21)19-11-14-7-4-3-5-8-14/h3-10,13H,11H2,1-2H3,(H,19,21)/t13-/m1/s1. The second kappa shape index (κ2) is 8.05. The molecule has 0 saturated carbocycles. The van der Waals surface area contributed by atoms with E-state index in [1.54, 1.807) is 0 Å². The Balaban J connectivity index is 1.99. The first kappa shape index (κ1) is 18.1. The van der Waals surface area contributed by atoms with Crippen molar-refractivity contribution in [2.45, 2.75) is 26.5 Å². The van der Waals surface area contributed by atoms with Crippen molar-refractivity contribution in [1.82, 2.24) is 5.32 Å². The quantitative estimate of drug-likeness (QED) is 0.494. The largest absolute Gasteiger partial charge is 0.449 e. The number of nitrogens with one attached hydrogen (secondary N) is 1. The maximum absolute atomic E-state index is 12.2. The fourth-order valence-corrected chi connectivity index (χ4v) is 2.25. The van der Waals surface area contributed by atoms with Crippen LogP contribution < -0.4 is 5.32 Å². The molecule has 1 atom stereocenters. The van der Waals surface area contributed by atoms with Crippen LogP contribution in [0, 0.1) is 17.0 Å². The lowest BCUT2D eigenvalue weighted by Crippen LogP contribution is -2.35. The summed E-state index contributed by atoms with van der Waals surface area (Å²) < 4.78 is 5.13. The monoisotopic (exact) mass is 342 g/mol. The molecule has 25 heavy (non-hydrogen) atoms. The van der Waals surface area contributed by atoms with Gasteiger partial charge in [0.05, 0.1) is 10.5 Å². The normalized spacial score (nSPS) is 11.4. The molecule has 0 saturated heterocycles. The van der Waals surface area contributed by atoms with Crippen molar-refractivity contribution in [1.29, 1.82) is 0 Å². The number of hydrogen-bond acceptors (Lipinski definition) is 5. The molecule has 0 fully saturated rings. The van der Waals surface area contributed by atoms with Gasteiger partial charge in [-0.3, -0.25) is 14.9 Å². The molecule has 130 valence electrons. The molecule has 0 heterocycles. The van der Waals surface area contributed by atoms with Gasteiger partial charge in [-0.2, -0.15) is 0 Å². The second-order valence-electron chi connectivity index (χ2n) is 5.46. The molecule has 0 aromatic heterocycles. The first-order valence-corrected chi connectivity index (χ1v) is 7.66. The van der Waals surface area contributed by atoms with Gasteiger partial charge in [0.15, 0.2) is 6.10 Å². The molecule has 0 spiro atoms. The Bertz CT molecular complexity index is 789. The predicted molar refractivity (Wildman–Crippen MR) is 91.0 cm³/mol. The van der Waals surface area contributed by atoms with E-state index in [9.17, 15) is 19.7 Å². The number of nitrogens with zero attached hydrogens (tertiary/aromatic N) is 1. The summed E-state index contributed by atoms with van der Waals surface area (Å²) in [6.45, 7) is 3.23. The highest BCUT2D eigenvalue weighted by atomic mass is 16.6. The van der Waals surface area contributed by atoms with Gasteiger partial charge in [-0.1, -0.05) is 36.4 Å². The summed E-state index contributed by atoms with van der Waals surface area (Å²) in [5.41, 5.74) is 1.02. The Morgan fingerprint density at radius 1 is 1.16 bits per heavy atom. The van der Waals surface area contributed by atoms with E-state index in [0.717, 1.165) is 5.56 Å². The van der Waals surface area contributed by atoms with Crippen LogP contribution in [0.2, 0.25) is 0 Å². The molecule has 0 aliphatic rings. The molecule has 1 amide bonds. The van der Waals surface area contributed by atoms with E-state index in [1.165, 1.54) is 32.0 Å². The number of carbonyl (C=O) groups excluding carboxylic acids is 2. The Morgan fingerprint density at radius 2 is 1.84 bits per heavy atom. The lowest BCUT2D eigenvalue weighted by Gasteiger charge is -2.14. The highest BCUT2D eigenvalue weighted by molar-refractivity contribution is 5.94. The Labute approximate surface area is 144 Å². The molecule has 0 unspecified atom stereocenters. The molecule has 2 aromatic carbocycles. The summed E-state index contributed by atoms with van der Waals surface area (Å²) in [5, 5.41) is 13.6. The van der Waals surface area contributed by atoms with Crippen LogP contribution >= 0.6 is 0 Å². The molecular formula is C18H18N2O5. The van der Waals surface area contributed by atoms with Crippen molar-refractivity contribution in [3.05, 3.63) is 75.3 Å². The van der Waals surface area contributed by atoms with Crippen LogP contribution in [0.25, 0.3) is 0 Å². The lowest BCUT2D eigenvalue weighted by molar-refractivity contribution is -0.385. The smallest absolute Gasteiger partial charge is 0.339 e. The van der Waals surface area contributed by atoms with E-state index >= 15 is 0 Å². The number of hydrogen-bond donors (Lipinski definition) is 1. The molecular weight excluding hydrogens is 324 g/mol. The zero-order valence-corrected chi connectivity index (χ0v) is 13.9. The minimum Gasteiger partial charge on any atom is -0.449 e. The minimum absolute atomic E-state index is 0.0666. The maximum atomic E-state index is 12.2. The van der Waals surface area contributed by atoms with Crippen LogP contribution in [0.3, 0.4) is 0 Å². The van der Waals surface area contributed by atoms with Crippen LogP contribution in [-0.2, 0) is 16.1 Å². The van der Waals surface area contributed by atoms with Crippen LogP contribution in [0.1, 0.15) is 28.4 Å². The topological polar surface area (TPSA) is 98.5 Å². The van der Waals surface area contributed by atoms with Crippen LogP contribution in [-0.4, -0.2) is 22.9 Å². The summed E-state index contributed by atoms with van der Waals surface area (Å²) in [6, 6.07) is 13.5. The maximum Gasteiger partial charge on any atom is 0.339 e. The molecule has 0 aliphatic carbocycles. The zero-order chi connectivity index (χ0) is 18.4. The van der Waals surface area contributed by atoms with E-state index in [0.29, 0.717) is 6.54 Å². The number of esters is 1. The van der Waals surface area contributed by atoms with Gasteiger partial charge in [0.25, 0.3) is 11.6 Å². The van der Waals surface area contributed by atoms with E-state index in [4.69, 9.17) is 4.74 Å². The van der Waals surface area contributed by atoms with Gasteiger partial charge in [-0.15, -0.1) is 0 Å². The van der Waals surface area contributed by atoms with Gasteiger partial charge in [0, 0.05) is 18.2 Å². The van der Waals surface area contributed by atoms with Crippen molar-refractivity contribution in [2.24, 2.45) is 0 Å². The first-order chi connectivity index (χ1) is 11.9. The fraction of sp³-hybridized carbons (Fsp3) is 0.222. The molecule has 1 N–H and O–H groups in total. The average molecular weight is 342 g/mol. The highest BCUT2D eigenvalue weighted by Gasteiger charge is 2.23. The van der Waals surface area contributed by atoms with Crippen molar-refractivity contribution in [3.63, 3.8) is 0 Å². The van der Waals surface area contributed by atoms with Crippen LogP contribution in [0.5, 0.6) is 0 Å². The first-order valence-electron chi connectivity index (χ1n) is 7.66. The van der Waals surface area contributed by atoms with Gasteiger partial charge in [0.1, 0.15) is 0 Å². The van der Waals surface area contributed by atoms with Crippen molar-refractivity contribution < 1.29 is 19.2 Å². The summed E-state index contributed by atoms with van der Waals surface area (Å²) in [7, 11) is 0. The number of amides is 1. The van der Waals surface area contributed by atoms with E-state index in [2.05, 4.69) is 5.32 Å². The van der Waals surface area contributed by atoms with E-state index in [1.807, 2.05) is 30.3 Å². The summed E-state index contributed by atoms with van der Waals surface area (Å²) >= 11 is 0. The molecule has 0 bridgehead atoms. The number of carbonyl (C=O) groups is 2. The lowest BCUT2D eigenvalue weighted by atomic mass is 10.1. The van der Waals surface area contributed by atoms with E-state index in [-0.39, 0.29) is 16.8 Å². The van der Waals surface area contributed by atoms with Gasteiger partial charge in [0.2, 0.25) is 0 Å². The van der Waals surface area contributed by atoms with Crippen LogP contribution in [0.15, 0.2) is 48.5 Å². The third-order valence-corrected chi connectivity index (χ3v) is 3.68. The van der Waals surface area contributed by atoms with Crippen molar-refractivity contribution in [2.75, 3.05) is 0 Å². The number of benzene rings is 2. The minimum atomic E-state index is -1.02. The van der Waals surface area contributed by atoms with Gasteiger partial charge >= 0.3 is 5.97 Å². The van der Waals surface area contributed by atoms with Gasteiger partial charge < -0.3 is 10.1 Å². The Hall–Kier alpha value is -3.22. The Kier molecular flexibility index (Phi) is 5.84. The summed E-state index contributed by atoms with van der Waals surface area (Å²) in [4.78, 5) is 34.6. The van der Waals surface area contributed by atoms with Crippen LogP contribution in [0.4, 0.5) is 5.69 Å². The zero-order valence-electron chi connectivity index (χ0n) is 13.9. The summed E-state index contributed by atoms with van der Waals surface area (Å²) in [5.74, 6) is -1.22. The molecule has 7 nitrogen and oxygen atoms in total. The SMILES string of the molecule is Cc1c(C(=O)O[C@H](C)C(=O)NCc2ccccc2)cccc1[N+](=O)[O-]. The molecule has 7 heteroatoms. The number of ether oxygens (including phenoxy) is 1. The molecule has 2 aromatic rings. The van der Waals surface area contributed by atoms with Crippen molar-refractivity contribution >= 4 is 17.6 Å². The average Bonchev–Trinajstić information content (AvgIpc) is 2.60. The second-order valence-corrected chi connectivity index (χ2v) is 5.46. The third kappa shape index (κ3) is 4.63. The Morgan fingerprint density at radius 3 is 2.48 bits per heavy atom. The summed E-state index contributed by atoms with van der Waals surface area (Å²) in [6.07, 6.45) is -1.02. The number of nitro groups is 1. The molecule has 0 aliphatic heterocycles. The number of rotatable bonds is 6.